The largest absolute Gasteiger partial charge is 0.492 e. The molecule has 24 heavy (non-hydrogen) atoms. The number of nitrogens with two attached hydrogens (primary N) is 2. The van der Waals surface area contributed by atoms with Gasteiger partial charge in [0.1, 0.15) is 24.7 Å². The van der Waals surface area contributed by atoms with Crippen LogP contribution in [0.5, 0.6) is 11.5 Å². The van der Waals surface area contributed by atoms with E-state index in [1.165, 1.54) is 0 Å². The average Bonchev–Trinajstić information content (AvgIpc) is 2.62. The summed E-state index contributed by atoms with van der Waals surface area (Å²) >= 11 is 0. The Hall–Kier alpha value is -2.70. The van der Waals surface area contributed by atoms with Crippen molar-refractivity contribution in [1.29, 1.82) is 0 Å². The zero-order valence-electron chi connectivity index (χ0n) is 13.1. The van der Waals surface area contributed by atoms with Crippen molar-refractivity contribution >= 4 is 11.6 Å². The summed E-state index contributed by atoms with van der Waals surface area (Å²) in [5.74, 6) is 0.616. The van der Waals surface area contributed by atoms with Crippen LogP contribution in [0.25, 0.3) is 0 Å². The van der Waals surface area contributed by atoms with Crippen molar-refractivity contribution in [3.8, 4) is 11.5 Å². The summed E-state index contributed by atoms with van der Waals surface area (Å²) in [5.41, 5.74) is 12.2. The SMILES string of the molecule is NCCOc1ccc2c(c1)C(=O)c1cc(OCCN)ccc1C2=O. The van der Waals surface area contributed by atoms with Gasteiger partial charge in [-0.1, -0.05) is 0 Å². The molecule has 0 aromatic heterocycles. The van der Waals surface area contributed by atoms with Gasteiger partial charge in [-0.2, -0.15) is 0 Å². The summed E-state index contributed by atoms with van der Waals surface area (Å²) in [6.45, 7) is 1.42. The lowest BCUT2D eigenvalue weighted by Crippen LogP contribution is -2.21. The van der Waals surface area contributed by atoms with Crippen LogP contribution in [-0.2, 0) is 0 Å². The number of hydrogen-bond acceptors (Lipinski definition) is 6. The van der Waals surface area contributed by atoms with Gasteiger partial charge in [0.05, 0.1) is 0 Å². The van der Waals surface area contributed by atoms with Gasteiger partial charge in [0.15, 0.2) is 11.6 Å². The number of carbonyl (C=O) groups excluding carboxylic acids is 2. The van der Waals surface area contributed by atoms with Crippen molar-refractivity contribution in [2.24, 2.45) is 11.5 Å². The van der Waals surface area contributed by atoms with Gasteiger partial charge in [-0.3, -0.25) is 9.59 Å². The van der Waals surface area contributed by atoms with Gasteiger partial charge in [-0.25, -0.2) is 0 Å². The number of carbonyl (C=O) groups is 2. The maximum atomic E-state index is 12.8. The highest BCUT2D eigenvalue weighted by Crippen LogP contribution is 2.31. The minimum Gasteiger partial charge on any atom is -0.492 e. The molecule has 1 aliphatic rings. The third-order valence-corrected chi connectivity index (χ3v) is 3.73. The molecule has 0 radical (unpaired) electrons. The summed E-state index contributed by atoms with van der Waals surface area (Å²) < 4.78 is 10.9. The second kappa shape index (κ2) is 6.82. The normalized spacial score (nSPS) is 12.6. The monoisotopic (exact) mass is 326 g/mol. The van der Waals surface area contributed by atoms with Gasteiger partial charge < -0.3 is 20.9 Å². The molecular weight excluding hydrogens is 308 g/mol. The molecule has 0 fully saturated rings. The fourth-order valence-electron chi connectivity index (χ4n) is 2.64. The van der Waals surface area contributed by atoms with E-state index in [1.807, 2.05) is 0 Å². The van der Waals surface area contributed by atoms with Gasteiger partial charge >= 0.3 is 0 Å². The van der Waals surface area contributed by atoms with E-state index in [0.717, 1.165) is 0 Å². The molecule has 6 heteroatoms. The molecule has 0 spiro atoms. The number of rotatable bonds is 6. The third kappa shape index (κ3) is 2.89. The Labute approximate surface area is 139 Å². The first-order chi connectivity index (χ1) is 11.7. The Morgan fingerprint density at radius 2 is 1.08 bits per heavy atom. The van der Waals surface area contributed by atoms with Gasteiger partial charge in [0.25, 0.3) is 0 Å². The van der Waals surface area contributed by atoms with Crippen LogP contribution < -0.4 is 20.9 Å². The molecule has 0 amide bonds. The second-order valence-electron chi connectivity index (χ2n) is 5.35. The van der Waals surface area contributed by atoms with Crippen molar-refractivity contribution in [1.82, 2.24) is 0 Å². The minimum atomic E-state index is -0.226. The van der Waals surface area contributed by atoms with Crippen LogP contribution in [0.15, 0.2) is 36.4 Å². The van der Waals surface area contributed by atoms with Crippen LogP contribution in [0.4, 0.5) is 0 Å². The van der Waals surface area contributed by atoms with Crippen molar-refractivity contribution in [3.63, 3.8) is 0 Å². The molecule has 1 aliphatic carbocycles. The molecular formula is C18H18N2O4. The quantitative estimate of drug-likeness (QED) is 0.704. The Morgan fingerprint density at radius 3 is 1.50 bits per heavy atom. The highest BCUT2D eigenvalue weighted by molar-refractivity contribution is 6.28. The van der Waals surface area contributed by atoms with Crippen molar-refractivity contribution in [2.45, 2.75) is 0 Å². The van der Waals surface area contributed by atoms with Crippen molar-refractivity contribution < 1.29 is 19.1 Å². The lowest BCUT2D eigenvalue weighted by atomic mass is 9.84. The van der Waals surface area contributed by atoms with Gasteiger partial charge in [0, 0.05) is 35.3 Å². The van der Waals surface area contributed by atoms with Crippen molar-refractivity contribution in [3.05, 3.63) is 58.7 Å². The van der Waals surface area contributed by atoms with Crippen LogP contribution in [0.2, 0.25) is 0 Å². The maximum Gasteiger partial charge on any atom is 0.194 e. The highest BCUT2D eigenvalue weighted by Gasteiger charge is 2.30. The van der Waals surface area contributed by atoms with E-state index in [4.69, 9.17) is 20.9 Å². The molecule has 3 rings (SSSR count). The fourth-order valence-corrected chi connectivity index (χ4v) is 2.64. The summed E-state index contributed by atoms with van der Waals surface area (Å²) in [7, 11) is 0. The van der Waals surface area contributed by atoms with E-state index in [-0.39, 0.29) is 11.6 Å². The second-order valence-corrected chi connectivity index (χ2v) is 5.35. The van der Waals surface area contributed by atoms with Crippen LogP contribution in [-0.4, -0.2) is 37.9 Å². The van der Waals surface area contributed by atoms with Gasteiger partial charge in [-0.15, -0.1) is 0 Å². The number of fused-ring (bicyclic) bond motifs is 2. The average molecular weight is 326 g/mol. The summed E-state index contributed by atoms with van der Waals surface area (Å²) in [5, 5.41) is 0. The first-order valence-corrected chi connectivity index (χ1v) is 7.69. The molecule has 124 valence electrons. The molecule has 6 nitrogen and oxygen atoms in total. The molecule has 0 heterocycles. The van der Waals surface area contributed by atoms with E-state index in [1.54, 1.807) is 36.4 Å². The first kappa shape index (κ1) is 16.2. The van der Waals surface area contributed by atoms with Gasteiger partial charge in [0.2, 0.25) is 0 Å². The summed E-state index contributed by atoms with van der Waals surface area (Å²) in [4.78, 5) is 25.4. The lowest BCUT2D eigenvalue weighted by Gasteiger charge is -2.19. The van der Waals surface area contributed by atoms with Crippen molar-refractivity contribution in [2.75, 3.05) is 26.3 Å². The molecule has 2 aromatic carbocycles. The maximum absolute atomic E-state index is 12.8. The Balaban J connectivity index is 1.99. The highest BCUT2D eigenvalue weighted by atomic mass is 16.5. The topological polar surface area (TPSA) is 105 Å². The molecule has 4 N–H and O–H groups in total. The zero-order valence-corrected chi connectivity index (χ0v) is 13.1. The molecule has 0 bridgehead atoms. The fraction of sp³-hybridized carbons (Fsp3) is 0.222. The number of ether oxygens (including phenoxy) is 2. The number of ketones is 2. The molecule has 0 saturated heterocycles. The van der Waals surface area contributed by atoms with Crippen LogP contribution >= 0.6 is 0 Å². The summed E-state index contributed by atoms with van der Waals surface area (Å²) in [6, 6.07) is 9.74. The Morgan fingerprint density at radius 1 is 0.667 bits per heavy atom. The van der Waals surface area contributed by atoms with E-state index in [9.17, 15) is 9.59 Å². The lowest BCUT2D eigenvalue weighted by molar-refractivity contribution is 0.0978. The number of benzene rings is 2. The van der Waals surface area contributed by atoms with Crippen LogP contribution in [0.1, 0.15) is 31.8 Å². The number of hydrogen-bond donors (Lipinski definition) is 2. The minimum absolute atomic E-state index is 0.185. The first-order valence-electron chi connectivity index (χ1n) is 7.69. The molecule has 0 unspecified atom stereocenters. The molecule has 0 atom stereocenters. The molecule has 2 aromatic rings. The standard InChI is InChI=1S/C18H18N2O4/c19-5-7-23-11-1-3-13-15(9-11)18(22)16-10-12(24-8-6-20)2-4-14(16)17(13)21/h1-4,9-10H,5-8,19-20H2. The summed E-state index contributed by atoms with van der Waals surface area (Å²) in [6.07, 6.45) is 0. The van der Waals surface area contributed by atoms with E-state index >= 15 is 0 Å². The van der Waals surface area contributed by atoms with Crippen LogP contribution in [0, 0.1) is 0 Å². The van der Waals surface area contributed by atoms with Crippen LogP contribution in [0.3, 0.4) is 0 Å². The Bertz CT molecular complexity index is 738. The molecule has 0 aliphatic heterocycles. The smallest absolute Gasteiger partial charge is 0.194 e. The molecule has 0 saturated carbocycles. The predicted molar refractivity (Wildman–Crippen MR) is 88.8 cm³/mol. The van der Waals surface area contributed by atoms with Gasteiger partial charge in [-0.05, 0) is 36.4 Å². The van der Waals surface area contributed by atoms with E-state index < -0.39 is 0 Å². The van der Waals surface area contributed by atoms with E-state index in [2.05, 4.69) is 0 Å². The zero-order chi connectivity index (χ0) is 17.1. The van der Waals surface area contributed by atoms with E-state index in [0.29, 0.717) is 60.1 Å². The Kier molecular flexibility index (Phi) is 4.59. The predicted octanol–water partition coefficient (Wildman–Crippen LogP) is 1.14. The third-order valence-electron chi connectivity index (χ3n) is 3.73.